The second-order valence-electron chi connectivity index (χ2n) is 6.08. The van der Waals surface area contributed by atoms with Crippen LogP contribution in [0.15, 0.2) is 48.5 Å². The second-order valence-corrected chi connectivity index (χ2v) is 6.08. The van der Waals surface area contributed by atoms with Crippen LogP contribution in [-0.4, -0.2) is 41.7 Å². The van der Waals surface area contributed by atoms with Crippen LogP contribution >= 0.6 is 0 Å². The number of β-amino-alcohol motifs (C(OH)–C–C–N with tert-alkyl or cyclic N) is 1. The molecule has 1 aliphatic heterocycles. The first-order valence-electron chi connectivity index (χ1n) is 8.12. The van der Waals surface area contributed by atoms with E-state index in [0.717, 1.165) is 19.5 Å². The quantitative estimate of drug-likeness (QED) is 0.845. The number of benzene rings is 2. The van der Waals surface area contributed by atoms with Crippen LogP contribution in [0.25, 0.3) is 0 Å². The molecule has 0 radical (unpaired) electrons. The van der Waals surface area contributed by atoms with Crippen molar-refractivity contribution in [2.75, 3.05) is 19.7 Å². The lowest BCUT2D eigenvalue weighted by Gasteiger charge is -2.30. The van der Waals surface area contributed by atoms with Gasteiger partial charge in [0.05, 0.1) is 5.56 Å². The normalized spacial score (nSPS) is 15.5. The van der Waals surface area contributed by atoms with E-state index in [1.807, 2.05) is 6.07 Å². The third-order valence-corrected chi connectivity index (χ3v) is 4.26. The van der Waals surface area contributed by atoms with Gasteiger partial charge in [-0.25, -0.2) is 0 Å². The molecular weight excluding hydrogens is 304 g/mol. The number of carbonyl (C=O) groups is 1. The van der Waals surface area contributed by atoms with E-state index in [9.17, 15) is 9.90 Å². The van der Waals surface area contributed by atoms with Crippen molar-refractivity contribution in [2.45, 2.75) is 19.1 Å². The lowest BCUT2D eigenvalue weighted by Crippen LogP contribution is -2.38. The second kappa shape index (κ2) is 7.47. The highest BCUT2D eigenvalue weighted by atomic mass is 16.5. The molecule has 24 heavy (non-hydrogen) atoms. The van der Waals surface area contributed by atoms with Crippen molar-refractivity contribution in [1.82, 2.24) is 4.90 Å². The molecule has 2 aromatic rings. The van der Waals surface area contributed by atoms with E-state index >= 15 is 0 Å². The summed E-state index contributed by atoms with van der Waals surface area (Å²) in [5.74, 6) is -0.124. The number of para-hydroxylation sites is 1. The van der Waals surface area contributed by atoms with Crippen molar-refractivity contribution in [3.63, 3.8) is 0 Å². The van der Waals surface area contributed by atoms with Gasteiger partial charge >= 0.3 is 0 Å². The fraction of sp³-hybridized carbons (Fsp3) is 0.316. The molecule has 1 heterocycles. The summed E-state index contributed by atoms with van der Waals surface area (Å²) in [5.41, 5.74) is 8.36. The number of primary amides is 1. The molecule has 126 valence electrons. The number of ether oxygens (including phenoxy) is 1. The number of rotatable bonds is 6. The van der Waals surface area contributed by atoms with Crippen LogP contribution in [0.3, 0.4) is 0 Å². The fourth-order valence-corrected chi connectivity index (χ4v) is 3.04. The van der Waals surface area contributed by atoms with Crippen molar-refractivity contribution < 1.29 is 14.6 Å². The summed E-state index contributed by atoms with van der Waals surface area (Å²) >= 11 is 0. The van der Waals surface area contributed by atoms with E-state index in [4.69, 9.17) is 10.5 Å². The van der Waals surface area contributed by atoms with E-state index in [-0.39, 0.29) is 6.61 Å². The predicted octanol–water partition coefficient (Wildman–Crippen LogP) is 1.58. The minimum absolute atomic E-state index is 0.127. The molecule has 0 saturated heterocycles. The molecule has 0 aliphatic carbocycles. The number of hydrogen-bond donors (Lipinski definition) is 2. The topological polar surface area (TPSA) is 75.8 Å². The molecule has 1 atom stereocenters. The van der Waals surface area contributed by atoms with Crippen LogP contribution in [0.1, 0.15) is 21.5 Å². The van der Waals surface area contributed by atoms with E-state index in [1.165, 1.54) is 11.1 Å². The zero-order valence-corrected chi connectivity index (χ0v) is 13.5. The molecule has 0 aromatic heterocycles. The van der Waals surface area contributed by atoms with Gasteiger partial charge in [0, 0.05) is 19.6 Å². The molecule has 0 bridgehead atoms. The van der Waals surface area contributed by atoms with Crippen LogP contribution in [0.2, 0.25) is 0 Å². The molecular formula is C19H22N2O3. The van der Waals surface area contributed by atoms with Crippen LogP contribution in [-0.2, 0) is 13.0 Å². The first kappa shape index (κ1) is 16.5. The van der Waals surface area contributed by atoms with Crippen LogP contribution < -0.4 is 10.5 Å². The molecule has 0 spiro atoms. The molecule has 1 aliphatic rings. The highest BCUT2D eigenvalue weighted by Crippen LogP contribution is 2.20. The molecule has 1 unspecified atom stereocenters. The minimum atomic E-state index is -0.629. The Morgan fingerprint density at radius 1 is 1.17 bits per heavy atom. The highest BCUT2D eigenvalue weighted by molar-refractivity contribution is 5.95. The number of hydrogen-bond acceptors (Lipinski definition) is 4. The Hall–Kier alpha value is -2.37. The Kier molecular flexibility index (Phi) is 5.13. The summed E-state index contributed by atoms with van der Waals surface area (Å²) in [6, 6.07) is 15.2. The Balaban J connectivity index is 1.54. The minimum Gasteiger partial charge on any atom is -0.490 e. The van der Waals surface area contributed by atoms with Gasteiger partial charge in [-0.05, 0) is 29.7 Å². The first-order valence-corrected chi connectivity index (χ1v) is 8.12. The summed E-state index contributed by atoms with van der Waals surface area (Å²) in [4.78, 5) is 13.6. The maximum absolute atomic E-state index is 11.4. The fourth-order valence-electron chi connectivity index (χ4n) is 3.04. The van der Waals surface area contributed by atoms with Crippen molar-refractivity contribution in [3.8, 4) is 5.75 Å². The smallest absolute Gasteiger partial charge is 0.252 e. The molecule has 3 N–H and O–H groups in total. The van der Waals surface area contributed by atoms with E-state index in [2.05, 4.69) is 23.1 Å². The third-order valence-electron chi connectivity index (χ3n) is 4.26. The monoisotopic (exact) mass is 326 g/mol. The molecule has 2 aromatic carbocycles. The summed E-state index contributed by atoms with van der Waals surface area (Å²) in [7, 11) is 0. The van der Waals surface area contributed by atoms with Crippen molar-refractivity contribution >= 4 is 5.91 Å². The summed E-state index contributed by atoms with van der Waals surface area (Å²) in [5, 5.41) is 10.3. The Morgan fingerprint density at radius 2 is 1.88 bits per heavy atom. The zero-order chi connectivity index (χ0) is 16.9. The average Bonchev–Trinajstić information content (AvgIpc) is 2.60. The van der Waals surface area contributed by atoms with Gasteiger partial charge < -0.3 is 15.6 Å². The van der Waals surface area contributed by atoms with Crippen molar-refractivity contribution in [2.24, 2.45) is 5.73 Å². The zero-order valence-electron chi connectivity index (χ0n) is 13.5. The van der Waals surface area contributed by atoms with Crippen LogP contribution in [0, 0.1) is 0 Å². The van der Waals surface area contributed by atoms with Gasteiger partial charge in [0.2, 0.25) is 0 Å². The summed E-state index contributed by atoms with van der Waals surface area (Å²) < 4.78 is 5.59. The largest absolute Gasteiger partial charge is 0.490 e. The lowest BCUT2D eigenvalue weighted by molar-refractivity contribution is 0.0631. The van der Waals surface area contributed by atoms with Crippen molar-refractivity contribution in [1.29, 1.82) is 0 Å². The number of aliphatic hydroxyl groups is 1. The van der Waals surface area contributed by atoms with E-state index in [0.29, 0.717) is 17.9 Å². The molecule has 3 rings (SSSR count). The molecule has 5 heteroatoms. The number of nitrogens with zero attached hydrogens (tertiary/aromatic N) is 1. The number of aliphatic hydroxyl groups excluding tert-OH is 1. The maximum atomic E-state index is 11.4. The summed E-state index contributed by atoms with van der Waals surface area (Å²) in [6.45, 7) is 2.42. The molecule has 5 nitrogen and oxygen atoms in total. The lowest BCUT2D eigenvalue weighted by atomic mass is 10.00. The van der Waals surface area contributed by atoms with E-state index in [1.54, 1.807) is 24.3 Å². The number of carbonyl (C=O) groups excluding carboxylic acids is 1. The SMILES string of the molecule is NC(=O)c1ccccc1OCC(O)CN1CCc2ccccc2C1. The van der Waals surface area contributed by atoms with Gasteiger partial charge in [-0.1, -0.05) is 36.4 Å². The van der Waals surface area contributed by atoms with Gasteiger partial charge in [0.15, 0.2) is 0 Å². The van der Waals surface area contributed by atoms with Crippen LogP contribution in [0.4, 0.5) is 0 Å². The number of nitrogens with two attached hydrogens (primary N) is 1. The molecule has 0 fully saturated rings. The standard InChI is InChI=1S/C19H22N2O3/c20-19(23)17-7-3-4-8-18(17)24-13-16(22)12-21-10-9-14-5-1-2-6-15(14)11-21/h1-8,16,22H,9-13H2,(H2,20,23). The van der Waals surface area contributed by atoms with E-state index < -0.39 is 12.0 Å². The third kappa shape index (κ3) is 3.93. The maximum Gasteiger partial charge on any atom is 0.252 e. The number of amides is 1. The van der Waals surface area contributed by atoms with Crippen LogP contribution in [0.5, 0.6) is 5.75 Å². The van der Waals surface area contributed by atoms with Gasteiger partial charge in [-0.2, -0.15) is 0 Å². The predicted molar refractivity (Wildman–Crippen MR) is 91.9 cm³/mol. The van der Waals surface area contributed by atoms with Gasteiger partial charge in [0.25, 0.3) is 5.91 Å². The molecule has 1 amide bonds. The summed E-state index contributed by atoms with van der Waals surface area (Å²) in [6.07, 6.45) is 0.366. The van der Waals surface area contributed by atoms with Crippen molar-refractivity contribution in [3.05, 3.63) is 65.2 Å². The first-order chi connectivity index (χ1) is 11.6. The highest BCUT2D eigenvalue weighted by Gasteiger charge is 2.19. The Morgan fingerprint density at radius 3 is 2.67 bits per heavy atom. The Bertz CT molecular complexity index is 717. The van der Waals surface area contributed by atoms with Gasteiger partial charge in [-0.3, -0.25) is 9.69 Å². The number of fused-ring (bicyclic) bond motifs is 1. The average molecular weight is 326 g/mol. The van der Waals surface area contributed by atoms with Gasteiger partial charge in [0.1, 0.15) is 18.5 Å². The Labute approximate surface area is 141 Å². The van der Waals surface area contributed by atoms with Gasteiger partial charge in [-0.15, -0.1) is 0 Å². The molecule has 0 saturated carbocycles.